The van der Waals surface area contributed by atoms with Crippen molar-refractivity contribution in [2.24, 2.45) is 0 Å². The molecule has 0 saturated carbocycles. The molecule has 5 nitrogen and oxygen atoms in total. The number of ether oxygens (including phenoxy) is 2. The maximum Gasteiger partial charge on any atom is 0.341 e. The number of carbonyl (C=O) groups excluding carboxylic acids is 2. The third-order valence-electron chi connectivity index (χ3n) is 4.97. The van der Waals surface area contributed by atoms with E-state index in [1.165, 1.54) is 16.9 Å². The van der Waals surface area contributed by atoms with Gasteiger partial charge in [-0.1, -0.05) is 24.3 Å². The predicted octanol–water partition coefficient (Wildman–Crippen LogP) is 4.95. The Bertz CT molecular complexity index is 1070. The summed E-state index contributed by atoms with van der Waals surface area (Å²) in [5.41, 5.74) is 4.30. The van der Waals surface area contributed by atoms with Crippen LogP contribution in [-0.2, 0) is 17.6 Å². The van der Waals surface area contributed by atoms with Crippen LogP contribution in [0.1, 0.15) is 38.8 Å². The van der Waals surface area contributed by atoms with Gasteiger partial charge in [0.05, 0.1) is 19.3 Å². The SMILES string of the molecule is CCOC(=O)c1c(NC(=O)c2ccc(OC)cc2)sc2c1CCc1ccccc1-2. The molecule has 1 amide bonds. The van der Waals surface area contributed by atoms with Gasteiger partial charge in [-0.05, 0) is 60.7 Å². The largest absolute Gasteiger partial charge is 0.497 e. The van der Waals surface area contributed by atoms with Crippen molar-refractivity contribution in [1.82, 2.24) is 0 Å². The molecule has 0 aliphatic heterocycles. The van der Waals surface area contributed by atoms with Crippen LogP contribution < -0.4 is 10.1 Å². The van der Waals surface area contributed by atoms with Crippen LogP contribution in [0.15, 0.2) is 48.5 Å². The molecule has 148 valence electrons. The van der Waals surface area contributed by atoms with E-state index in [1.54, 1.807) is 38.3 Å². The van der Waals surface area contributed by atoms with Crippen molar-refractivity contribution >= 4 is 28.2 Å². The Hall–Kier alpha value is -3.12. The summed E-state index contributed by atoms with van der Waals surface area (Å²) in [6.45, 7) is 2.06. The maximum absolute atomic E-state index is 12.8. The molecule has 4 rings (SSSR count). The van der Waals surface area contributed by atoms with Crippen molar-refractivity contribution in [3.8, 4) is 16.2 Å². The molecule has 29 heavy (non-hydrogen) atoms. The average molecular weight is 407 g/mol. The van der Waals surface area contributed by atoms with Crippen LogP contribution in [0.4, 0.5) is 5.00 Å². The van der Waals surface area contributed by atoms with Crippen LogP contribution in [0.2, 0.25) is 0 Å². The second kappa shape index (κ2) is 8.09. The molecule has 0 fully saturated rings. The van der Waals surface area contributed by atoms with Crippen molar-refractivity contribution in [3.63, 3.8) is 0 Å². The number of nitrogens with one attached hydrogen (secondary N) is 1. The van der Waals surface area contributed by atoms with Crippen molar-refractivity contribution in [3.05, 3.63) is 70.8 Å². The third kappa shape index (κ3) is 3.63. The van der Waals surface area contributed by atoms with Crippen LogP contribution in [0.25, 0.3) is 10.4 Å². The summed E-state index contributed by atoms with van der Waals surface area (Å²) in [4.78, 5) is 26.6. The summed E-state index contributed by atoms with van der Waals surface area (Å²) in [5, 5.41) is 3.46. The van der Waals surface area contributed by atoms with E-state index in [2.05, 4.69) is 17.4 Å². The molecule has 0 unspecified atom stereocenters. The van der Waals surface area contributed by atoms with Gasteiger partial charge >= 0.3 is 5.97 Å². The minimum atomic E-state index is -0.394. The smallest absolute Gasteiger partial charge is 0.341 e. The number of hydrogen-bond acceptors (Lipinski definition) is 5. The zero-order valence-corrected chi connectivity index (χ0v) is 17.1. The lowest BCUT2D eigenvalue weighted by atomic mass is 9.89. The summed E-state index contributed by atoms with van der Waals surface area (Å²) < 4.78 is 10.4. The van der Waals surface area contributed by atoms with Gasteiger partial charge < -0.3 is 14.8 Å². The highest BCUT2D eigenvalue weighted by Gasteiger charge is 2.29. The Morgan fingerprint density at radius 2 is 1.83 bits per heavy atom. The summed E-state index contributed by atoms with van der Waals surface area (Å²) in [5.74, 6) is 0.0106. The number of amides is 1. The number of esters is 1. The lowest BCUT2D eigenvalue weighted by Gasteiger charge is -2.16. The van der Waals surface area contributed by atoms with Crippen molar-refractivity contribution in [2.45, 2.75) is 19.8 Å². The molecule has 1 heterocycles. The molecule has 0 bridgehead atoms. The van der Waals surface area contributed by atoms with Crippen molar-refractivity contribution in [1.29, 1.82) is 0 Å². The van der Waals surface area contributed by atoms with Gasteiger partial charge in [0.25, 0.3) is 5.91 Å². The molecule has 1 N–H and O–H groups in total. The molecular weight excluding hydrogens is 386 g/mol. The minimum Gasteiger partial charge on any atom is -0.497 e. The second-order valence-corrected chi connectivity index (χ2v) is 7.69. The van der Waals surface area contributed by atoms with Crippen LogP contribution in [0.5, 0.6) is 5.75 Å². The van der Waals surface area contributed by atoms with Gasteiger partial charge in [0.15, 0.2) is 0 Å². The topological polar surface area (TPSA) is 64.6 Å². The molecule has 0 saturated heterocycles. The number of benzene rings is 2. The summed E-state index contributed by atoms with van der Waals surface area (Å²) in [7, 11) is 1.58. The maximum atomic E-state index is 12.8. The minimum absolute atomic E-state index is 0.273. The molecule has 3 aromatic rings. The Morgan fingerprint density at radius 1 is 1.07 bits per heavy atom. The first-order chi connectivity index (χ1) is 14.1. The van der Waals surface area contributed by atoms with Gasteiger partial charge in [0, 0.05) is 10.4 Å². The highest BCUT2D eigenvalue weighted by molar-refractivity contribution is 7.20. The molecule has 1 aliphatic carbocycles. The quantitative estimate of drug-likeness (QED) is 0.608. The fourth-order valence-electron chi connectivity index (χ4n) is 3.57. The normalized spacial score (nSPS) is 11.9. The van der Waals surface area contributed by atoms with E-state index in [-0.39, 0.29) is 12.5 Å². The van der Waals surface area contributed by atoms with Crippen LogP contribution in [-0.4, -0.2) is 25.6 Å². The van der Waals surface area contributed by atoms with Crippen LogP contribution >= 0.6 is 11.3 Å². The molecule has 6 heteroatoms. The first-order valence-electron chi connectivity index (χ1n) is 9.48. The standard InChI is InChI=1S/C23H21NO4S/c1-3-28-23(26)19-18-13-10-14-6-4-5-7-17(14)20(18)29-22(19)24-21(25)15-8-11-16(27-2)12-9-15/h4-9,11-12H,3,10,13H2,1-2H3,(H,24,25). The van der Waals surface area contributed by atoms with E-state index < -0.39 is 5.97 Å². The number of thiophene rings is 1. The van der Waals surface area contributed by atoms with Gasteiger partial charge in [-0.3, -0.25) is 4.79 Å². The van der Waals surface area contributed by atoms with E-state index >= 15 is 0 Å². The fourth-order valence-corrected chi connectivity index (χ4v) is 4.86. The number of hydrogen-bond donors (Lipinski definition) is 1. The Kier molecular flexibility index (Phi) is 5.36. The van der Waals surface area contributed by atoms with Gasteiger partial charge in [-0.2, -0.15) is 0 Å². The summed E-state index contributed by atoms with van der Waals surface area (Å²) in [6.07, 6.45) is 1.60. The molecular formula is C23H21NO4S. The van der Waals surface area contributed by atoms with Crippen molar-refractivity contribution in [2.75, 3.05) is 19.0 Å². The van der Waals surface area contributed by atoms with E-state index in [1.807, 2.05) is 12.1 Å². The molecule has 1 aromatic heterocycles. The lowest BCUT2D eigenvalue weighted by molar-refractivity contribution is 0.0527. The molecule has 0 atom stereocenters. The van der Waals surface area contributed by atoms with Crippen LogP contribution in [0, 0.1) is 0 Å². The molecule has 0 spiro atoms. The first kappa shape index (κ1) is 19.2. The number of anilines is 1. The zero-order valence-electron chi connectivity index (χ0n) is 16.3. The zero-order chi connectivity index (χ0) is 20.4. The molecule has 1 aliphatic rings. The summed E-state index contributed by atoms with van der Waals surface area (Å²) >= 11 is 1.43. The Morgan fingerprint density at radius 3 is 2.55 bits per heavy atom. The summed E-state index contributed by atoms with van der Waals surface area (Å²) in [6, 6.07) is 15.0. The molecule has 0 radical (unpaired) electrons. The first-order valence-corrected chi connectivity index (χ1v) is 10.3. The number of fused-ring (bicyclic) bond motifs is 3. The van der Waals surface area contributed by atoms with Crippen molar-refractivity contribution < 1.29 is 19.1 Å². The van der Waals surface area contributed by atoms with Gasteiger partial charge in [0.1, 0.15) is 10.8 Å². The predicted molar refractivity (Wildman–Crippen MR) is 114 cm³/mol. The second-order valence-electron chi connectivity index (χ2n) is 6.67. The van der Waals surface area contributed by atoms with E-state index in [4.69, 9.17) is 9.47 Å². The third-order valence-corrected chi connectivity index (χ3v) is 6.15. The number of aryl methyl sites for hydroxylation is 1. The lowest BCUT2D eigenvalue weighted by Crippen LogP contribution is -2.15. The molecule has 2 aromatic carbocycles. The van der Waals surface area contributed by atoms with E-state index in [0.29, 0.717) is 21.9 Å². The number of rotatable bonds is 5. The van der Waals surface area contributed by atoms with Gasteiger partial charge in [-0.25, -0.2) is 4.79 Å². The number of carbonyl (C=O) groups is 2. The Balaban J connectivity index is 1.73. The number of methoxy groups -OCH3 is 1. The highest BCUT2D eigenvalue weighted by Crippen LogP contribution is 2.45. The van der Waals surface area contributed by atoms with Gasteiger partial charge in [-0.15, -0.1) is 11.3 Å². The fraction of sp³-hybridized carbons (Fsp3) is 0.217. The monoisotopic (exact) mass is 407 g/mol. The van der Waals surface area contributed by atoms with Crippen LogP contribution in [0.3, 0.4) is 0 Å². The highest BCUT2D eigenvalue weighted by atomic mass is 32.1. The average Bonchev–Trinajstić information content (AvgIpc) is 3.12. The van der Waals surface area contributed by atoms with Gasteiger partial charge in [0.2, 0.25) is 0 Å². The Labute approximate surface area is 173 Å². The van der Waals surface area contributed by atoms with E-state index in [0.717, 1.165) is 28.8 Å². The van der Waals surface area contributed by atoms with E-state index in [9.17, 15) is 9.59 Å².